The van der Waals surface area contributed by atoms with Crippen molar-refractivity contribution in [2.24, 2.45) is 0 Å². The van der Waals surface area contributed by atoms with E-state index in [1.807, 2.05) is 0 Å². The molecule has 112 valence electrons. The Bertz CT molecular complexity index is 692. The van der Waals surface area contributed by atoms with Crippen molar-refractivity contribution in [2.45, 2.75) is 25.8 Å². The molecule has 2 aromatic rings. The zero-order valence-electron chi connectivity index (χ0n) is 12.2. The van der Waals surface area contributed by atoms with Crippen molar-refractivity contribution in [1.82, 2.24) is 14.9 Å². The van der Waals surface area contributed by atoms with Gasteiger partial charge in [-0.25, -0.2) is 4.98 Å². The molecule has 0 bridgehead atoms. The molecule has 1 aromatic heterocycles. The van der Waals surface area contributed by atoms with E-state index in [4.69, 9.17) is 5.73 Å². The molecular weight excluding hydrogens is 266 g/mol. The van der Waals surface area contributed by atoms with Crippen LogP contribution < -0.4 is 16.6 Å². The average molecular weight is 287 g/mol. The third-order valence-corrected chi connectivity index (χ3v) is 3.89. The van der Waals surface area contributed by atoms with Crippen molar-refractivity contribution in [3.8, 4) is 0 Å². The van der Waals surface area contributed by atoms with Crippen LogP contribution >= 0.6 is 0 Å². The van der Waals surface area contributed by atoms with Crippen LogP contribution in [0.3, 0.4) is 0 Å². The van der Waals surface area contributed by atoms with Crippen LogP contribution in [0.15, 0.2) is 23.0 Å². The average Bonchev–Trinajstić information content (AvgIpc) is 3.29. The molecule has 0 radical (unpaired) electrons. The lowest BCUT2D eigenvalue weighted by Crippen LogP contribution is -2.31. The second kappa shape index (κ2) is 5.73. The fourth-order valence-corrected chi connectivity index (χ4v) is 2.60. The smallest absolute Gasteiger partial charge is 0.260 e. The number of rotatable bonds is 6. The van der Waals surface area contributed by atoms with Gasteiger partial charge < -0.3 is 11.1 Å². The van der Waals surface area contributed by atoms with Crippen molar-refractivity contribution in [1.29, 1.82) is 0 Å². The summed E-state index contributed by atoms with van der Waals surface area (Å²) in [6.07, 6.45) is 2.61. The molecule has 6 nitrogen and oxygen atoms in total. The Balaban J connectivity index is 1.69. The van der Waals surface area contributed by atoms with Crippen molar-refractivity contribution in [3.63, 3.8) is 0 Å². The van der Waals surface area contributed by atoms with Crippen LogP contribution in [0.2, 0.25) is 0 Å². The molecule has 3 rings (SSSR count). The molecule has 21 heavy (non-hydrogen) atoms. The number of aromatic amines is 1. The molecule has 0 amide bonds. The number of likely N-dealkylation sites (N-methyl/N-ethyl adjacent to an activating group) is 1. The van der Waals surface area contributed by atoms with Crippen LogP contribution in [0.1, 0.15) is 19.8 Å². The van der Waals surface area contributed by atoms with Gasteiger partial charge in [-0.05, 0) is 37.6 Å². The molecular formula is C15H21N5O. The van der Waals surface area contributed by atoms with Gasteiger partial charge in [-0.15, -0.1) is 0 Å². The summed E-state index contributed by atoms with van der Waals surface area (Å²) < 4.78 is 0. The Morgan fingerprint density at radius 2 is 2.29 bits per heavy atom. The zero-order valence-corrected chi connectivity index (χ0v) is 12.2. The van der Waals surface area contributed by atoms with Gasteiger partial charge in [0.25, 0.3) is 5.56 Å². The van der Waals surface area contributed by atoms with E-state index in [1.54, 1.807) is 18.2 Å². The van der Waals surface area contributed by atoms with Gasteiger partial charge in [-0.3, -0.25) is 14.7 Å². The minimum Gasteiger partial charge on any atom is -0.399 e. The van der Waals surface area contributed by atoms with Crippen LogP contribution in [-0.2, 0) is 0 Å². The van der Waals surface area contributed by atoms with E-state index < -0.39 is 0 Å². The number of nitrogens with two attached hydrogens (primary N) is 1. The first-order valence-corrected chi connectivity index (χ1v) is 7.45. The second-order valence-electron chi connectivity index (χ2n) is 5.48. The second-order valence-corrected chi connectivity index (χ2v) is 5.48. The van der Waals surface area contributed by atoms with E-state index in [1.165, 1.54) is 12.8 Å². The fraction of sp³-hybridized carbons (Fsp3) is 0.467. The molecule has 1 aliphatic carbocycles. The summed E-state index contributed by atoms with van der Waals surface area (Å²) in [7, 11) is 0. The van der Waals surface area contributed by atoms with E-state index in [0.29, 0.717) is 22.5 Å². The highest BCUT2D eigenvalue weighted by atomic mass is 16.1. The summed E-state index contributed by atoms with van der Waals surface area (Å²) in [5, 5.41) is 3.72. The lowest BCUT2D eigenvalue weighted by Gasteiger charge is -2.19. The van der Waals surface area contributed by atoms with Crippen molar-refractivity contribution in [2.75, 3.05) is 30.7 Å². The first kappa shape index (κ1) is 13.9. The highest BCUT2D eigenvalue weighted by molar-refractivity contribution is 5.81. The number of nitrogens with zero attached hydrogens (tertiary/aromatic N) is 2. The largest absolute Gasteiger partial charge is 0.399 e. The molecule has 1 aromatic carbocycles. The minimum atomic E-state index is -0.163. The molecule has 6 heteroatoms. The summed E-state index contributed by atoms with van der Waals surface area (Å²) in [6.45, 7) is 4.98. The van der Waals surface area contributed by atoms with Crippen LogP contribution in [-0.4, -0.2) is 40.5 Å². The molecule has 0 atom stereocenters. The molecule has 0 spiro atoms. The van der Waals surface area contributed by atoms with Crippen molar-refractivity contribution >= 4 is 22.5 Å². The van der Waals surface area contributed by atoms with Crippen LogP contribution in [0, 0.1) is 0 Å². The van der Waals surface area contributed by atoms with Gasteiger partial charge in [0.2, 0.25) is 5.95 Å². The number of fused-ring (bicyclic) bond motifs is 1. The maximum absolute atomic E-state index is 12.0. The summed E-state index contributed by atoms with van der Waals surface area (Å²) in [4.78, 5) is 21.7. The number of hydrogen-bond acceptors (Lipinski definition) is 5. The van der Waals surface area contributed by atoms with Gasteiger partial charge in [0, 0.05) is 24.8 Å². The van der Waals surface area contributed by atoms with Crippen molar-refractivity contribution in [3.05, 3.63) is 28.6 Å². The Hall–Kier alpha value is -2.08. The highest BCUT2D eigenvalue weighted by Crippen LogP contribution is 2.25. The van der Waals surface area contributed by atoms with E-state index in [9.17, 15) is 4.79 Å². The molecule has 4 N–H and O–H groups in total. The topological polar surface area (TPSA) is 87.0 Å². The number of nitrogens with one attached hydrogen (secondary N) is 2. The number of aromatic nitrogens is 2. The monoisotopic (exact) mass is 287 g/mol. The third-order valence-electron chi connectivity index (χ3n) is 3.89. The van der Waals surface area contributed by atoms with Crippen LogP contribution in [0.5, 0.6) is 0 Å². The van der Waals surface area contributed by atoms with Gasteiger partial charge >= 0.3 is 0 Å². The maximum atomic E-state index is 12.0. The summed E-state index contributed by atoms with van der Waals surface area (Å²) in [5.74, 6) is 0.518. The molecule has 1 heterocycles. The highest BCUT2D eigenvalue weighted by Gasteiger charge is 2.27. The van der Waals surface area contributed by atoms with Gasteiger partial charge in [-0.1, -0.05) is 6.92 Å². The fourth-order valence-electron chi connectivity index (χ4n) is 2.60. The van der Waals surface area contributed by atoms with Gasteiger partial charge in [0.15, 0.2) is 0 Å². The summed E-state index contributed by atoms with van der Waals surface area (Å²) in [6, 6.07) is 5.93. The van der Waals surface area contributed by atoms with E-state index in [0.717, 1.165) is 25.7 Å². The van der Waals surface area contributed by atoms with Gasteiger partial charge in [-0.2, -0.15) is 0 Å². The molecule has 1 fully saturated rings. The Kier molecular flexibility index (Phi) is 3.79. The maximum Gasteiger partial charge on any atom is 0.260 e. The van der Waals surface area contributed by atoms with E-state index >= 15 is 0 Å². The predicted octanol–water partition coefficient (Wildman–Crippen LogP) is 1.40. The van der Waals surface area contributed by atoms with Gasteiger partial charge in [0.05, 0.1) is 10.9 Å². The first-order chi connectivity index (χ1) is 10.2. The first-order valence-electron chi connectivity index (χ1n) is 7.45. The Morgan fingerprint density at radius 1 is 1.48 bits per heavy atom. The quantitative estimate of drug-likeness (QED) is 0.699. The number of hydrogen-bond donors (Lipinski definition) is 3. The predicted molar refractivity (Wildman–Crippen MR) is 85.5 cm³/mol. The van der Waals surface area contributed by atoms with Gasteiger partial charge in [0.1, 0.15) is 0 Å². The van der Waals surface area contributed by atoms with Crippen molar-refractivity contribution < 1.29 is 0 Å². The summed E-state index contributed by atoms with van der Waals surface area (Å²) >= 11 is 0. The van der Waals surface area contributed by atoms with E-state index in [2.05, 4.69) is 27.1 Å². The number of benzene rings is 1. The number of H-pyrrole nitrogens is 1. The lowest BCUT2D eigenvalue weighted by molar-refractivity contribution is 0.289. The Morgan fingerprint density at radius 3 is 3.00 bits per heavy atom. The standard InChI is InChI=1S/C15H21N5O/c1-2-20(11-4-5-11)8-7-17-15-18-13-6-3-10(16)9-12(13)14(21)19-15/h3,6,9,11H,2,4-5,7-8,16H2,1H3,(H2,17,18,19,21). The molecule has 0 saturated heterocycles. The minimum absolute atomic E-state index is 0.163. The van der Waals surface area contributed by atoms with E-state index in [-0.39, 0.29) is 5.56 Å². The molecule has 1 saturated carbocycles. The number of anilines is 2. The van der Waals surface area contributed by atoms with Crippen LogP contribution in [0.4, 0.5) is 11.6 Å². The molecule has 1 aliphatic rings. The Labute approximate surface area is 123 Å². The summed E-state index contributed by atoms with van der Waals surface area (Å²) in [5.41, 5.74) is 6.75. The SMILES string of the molecule is CCN(CCNc1nc2ccc(N)cc2c(=O)[nH]1)C1CC1. The lowest BCUT2D eigenvalue weighted by atomic mass is 10.2. The van der Waals surface area contributed by atoms with Crippen LogP contribution in [0.25, 0.3) is 10.9 Å². The normalized spacial score (nSPS) is 14.8. The molecule has 0 unspecified atom stereocenters. The molecule has 0 aliphatic heterocycles. The zero-order chi connectivity index (χ0) is 14.8. The third kappa shape index (κ3) is 3.16. The number of nitrogen functional groups attached to an aromatic ring is 1.